The molecule has 2 aromatic rings. The van der Waals surface area contributed by atoms with Crippen molar-refractivity contribution < 1.29 is 10.0 Å². The highest BCUT2D eigenvalue weighted by Crippen LogP contribution is 2.36. The maximum absolute atomic E-state index is 11.4. The molecule has 0 spiro atoms. The molecule has 0 aliphatic carbocycles. The molecule has 21 heavy (non-hydrogen) atoms. The average molecular weight is 309 g/mol. The lowest BCUT2D eigenvalue weighted by Crippen LogP contribution is -2.35. The van der Waals surface area contributed by atoms with E-state index in [1.807, 2.05) is 26.8 Å². The van der Waals surface area contributed by atoms with Gasteiger partial charge in [-0.2, -0.15) is 0 Å². The summed E-state index contributed by atoms with van der Waals surface area (Å²) in [4.78, 5) is 15.1. The van der Waals surface area contributed by atoms with Crippen molar-refractivity contribution in [2.45, 2.75) is 33.2 Å². The van der Waals surface area contributed by atoms with Gasteiger partial charge in [-0.25, -0.2) is 4.98 Å². The Balaban J connectivity index is 2.45. The normalized spacial score (nSPS) is 13.3. The fraction of sp³-hybridized carbons (Fsp3) is 0.500. The number of benzene rings is 1. The number of nitro benzene ring substituents is 1. The summed E-state index contributed by atoms with van der Waals surface area (Å²) >= 11 is 1.38. The largest absolute Gasteiger partial charge is 0.396 e. The Morgan fingerprint density at radius 1 is 1.48 bits per heavy atom. The molecule has 0 bridgehead atoms. The van der Waals surface area contributed by atoms with Crippen molar-refractivity contribution in [3.05, 3.63) is 27.8 Å². The summed E-state index contributed by atoms with van der Waals surface area (Å²) in [6.07, 6.45) is 0.524. The van der Waals surface area contributed by atoms with Crippen LogP contribution in [0.25, 0.3) is 10.2 Å². The average Bonchev–Trinajstić information content (AvgIpc) is 2.84. The lowest BCUT2D eigenvalue weighted by molar-refractivity contribution is -0.382. The summed E-state index contributed by atoms with van der Waals surface area (Å²) in [6, 6.07) is 3.48. The van der Waals surface area contributed by atoms with E-state index in [0.29, 0.717) is 17.6 Å². The third kappa shape index (κ3) is 3.30. The molecule has 114 valence electrons. The number of hydrogen-bond donors (Lipinski definition) is 2. The van der Waals surface area contributed by atoms with Crippen LogP contribution in [0.3, 0.4) is 0 Å². The SMILES string of the molecule is CC(C)(C)C(CCO)Nc1ccc2scnc2c1[N+](=O)[O-]. The molecule has 6 nitrogen and oxygen atoms in total. The summed E-state index contributed by atoms with van der Waals surface area (Å²) in [7, 11) is 0. The van der Waals surface area contributed by atoms with Gasteiger partial charge in [0.15, 0.2) is 5.52 Å². The third-order valence-electron chi connectivity index (χ3n) is 3.45. The van der Waals surface area contributed by atoms with Crippen molar-refractivity contribution in [3.63, 3.8) is 0 Å². The van der Waals surface area contributed by atoms with Crippen molar-refractivity contribution in [2.75, 3.05) is 11.9 Å². The first-order valence-corrected chi connectivity index (χ1v) is 7.60. The second kappa shape index (κ2) is 5.95. The van der Waals surface area contributed by atoms with Gasteiger partial charge in [-0.15, -0.1) is 11.3 Å². The fourth-order valence-corrected chi connectivity index (χ4v) is 2.94. The van der Waals surface area contributed by atoms with Crippen LogP contribution in [-0.4, -0.2) is 27.7 Å². The fourth-order valence-electron chi connectivity index (χ4n) is 2.26. The molecule has 0 aliphatic heterocycles. The summed E-state index contributed by atoms with van der Waals surface area (Å²) < 4.78 is 0.793. The molecular formula is C14H19N3O3S. The first-order chi connectivity index (χ1) is 9.84. The molecule has 7 heteroatoms. The lowest BCUT2D eigenvalue weighted by Gasteiger charge is -2.31. The molecule has 1 atom stereocenters. The number of anilines is 1. The summed E-state index contributed by atoms with van der Waals surface area (Å²) in [6.45, 7) is 6.14. The number of nitrogens with zero attached hydrogens (tertiary/aromatic N) is 2. The molecular weight excluding hydrogens is 290 g/mol. The summed E-state index contributed by atoms with van der Waals surface area (Å²) in [5.41, 5.74) is 2.34. The second-order valence-corrected chi connectivity index (χ2v) is 6.88. The second-order valence-electron chi connectivity index (χ2n) is 5.99. The molecule has 0 radical (unpaired) electrons. The highest BCUT2D eigenvalue weighted by Gasteiger charge is 2.28. The monoisotopic (exact) mass is 309 g/mol. The minimum Gasteiger partial charge on any atom is -0.396 e. The van der Waals surface area contributed by atoms with Gasteiger partial charge in [-0.3, -0.25) is 10.1 Å². The Morgan fingerprint density at radius 2 is 2.19 bits per heavy atom. The molecule has 2 N–H and O–H groups in total. The molecule has 0 amide bonds. The highest BCUT2D eigenvalue weighted by atomic mass is 32.1. The van der Waals surface area contributed by atoms with Crippen molar-refractivity contribution in [1.29, 1.82) is 0 Å². The molecule has 1 aromatic heterocycles. The standard InChI is InChI=1S/C14H19N3O3S/c1-14(2,3)11(6-7-18)16-9-4-5-10-12(15-8-21-10)13(9)17(19)20/h4-5,8,11,16,18H,6-7H2,1-3H3. The minimum atomic E-state index is -0.400. The summed E-state index contributed by atoms with van der Waals surface area (Å²) in [5.74, 6) is 0. The zero-order chi connectivity index (χ0) is 15.6. The van der Waals surface area contributed by atoms with Gasteiger partial charge < -0.3 is 10.4 Å². The van der Waals surface area contributed by atoms with E-state index in [4.69, 9.17) is 0 Å². The minimum absolute atomic E-state index is 0.000870. The number of aromatic nitrogens is 1. The number of thiazole rings is 1. The van der Waals surface area contributed by atoms with Gasteiger partial charge in [-0.1, -0.05) is 20.8 Å². The predicted octanol–water partition coefficient (Wildman–Crippen LogP) is 3.41. The zero-order valence-electron chi connectivity index (χ0n) is 12.3. The van der Waals surface area contributed by atoms with Gasteiger partial charge in [0.2, 0.25) is 0 Å². The van der Waals surface area contributed by atoms with Crippen LogP contribution >= 0.6 is 11.3 Å². The van der Waals surface area contributed by atoms with Crippen LogP contribution in [0.4, 0.5) is 11.4 Å². The van der Waals surface area contributed by atoms with E-state index in [0.717, 1.165) is 4.70 Å². The molecule has 0 saturated carbocycles. The Morgan fingerprint density at radius 3 is 2.76 bits per heavy atom. The van der Waals surface area contributed by atoms with Crippen molar-refractivity contribution in [1.82, 2.24) is 4.98 Å². The first kappa shape index (κ1) is 15.7. The van der Waals surface area contributed by atoms with Crippen LogP contribution in [0.5, 0.6) is 0 Å². The van der Waals surface area contributed by atoms with E-state index >= 15 is 0 Å². The first-order valence-electron chi connectivity index (χ1n) is 6.72. The van der Waals surface area contributed by atoms with Gasteiger partial charge in [0.25, 0.3) is 0 Å². The number of nitrogens with one attached hydrogen (secondary N) is 1. The molecule has 2 rings (SSSR count). The molecule has 1 heterocycles. The van der Waals surface area contributed by atoms with E-state index in [-0.39, 0.29) is 23.8 Å². The lowest BCUT2D eigenvalue weighted by atomic mass is 9.84. The van der Waals surface area contributed by atoms with Crippen molar-refractivity contribution in [3.8, 4) is 0 Å². The molecule has 1 aromatic carbocycles. The zero-order valence-corrected chi connectivity index (χ0v) is 13.1. The third-order valence-corrected chi connectivity index (χ3v) is 4.25. The smallest absolute Gasteiger partial charge is 0.319 e. The van der Waals surface area contributed by atoms with E-state index in [2.05, 4.69) is 10.3 Å². The van der Waals surface area contributed by atoms with Crippen molar-refractivity contribution in [2.24, 2.45) is 5.41 Å². The van der Waals surface area contributed by atoms with Gasteiger partial charge in [0.05, 0.1) is 15.1 Å². The van der Waals surface area contributed by atoms with Gasteiger partial charge in [0.1, 0.15) is 5.69 Å². The number of nitro groups is 1. The summed E-state index contributed by atoms with van der Waals surface area (Å²) in [5, 5.41) is 23.8. The van der Waals surface area contributed by atoms with E-state index in [1.54, 1.807) is 11.6 Å². The van der Waals surface area contributed by atoms with Crippen LogP contribution in [0.2, 0.25) is 0 Å². The maximum atomic E-state index is 11.4. The number of aliphatic hydroxyl groups is 1. The van der Waals surface area contributed by atoms with Crippen LogP contribution in [0, 0.1) is 15.5 Å². The van der Waals surface area contributed by atoms with Crippen LogP contribution < -0.4 is 5.32 Å². The number of hydrogen-bond acceptors (Lipinski definition) is 6. The molecule has 0 fully saturated rings. The maximum Gasteiger partial charge on any atom is 0.319 e. The van der Waals surface area contributed by atoms with Crippen molar-refractivity contribution >= 4 is 32.9 Å². The van der Waals surface area contributed by atoms with Gasteiger partial charge in [0, 0.05) is 12.6 Å². The van der Waals surface area contributed by atoms with Crippen LogP contribution in [0.1, 0.15) is 27.2 Å². The number of rotatable bonds is 5. The Labute approximate surface area is 127 Å². The number of aliphatic hydroxyl groups excluding tert-OH is 1. The van der Waals surface area contributed by atoms with Gasteiger partial charge >= 0.3 is 5.69 Å². The Hall–Kier alpha value is -1.73. The molecule has 1 unspecified atom stereocenters. The Bertz CT molecular complexity index is 648. The van der Waals surface area contributed by atoms with E-state index in [9.17, 15) is 15.2 Å². The van der Waals surface area contributed by atoms with Crippen LogP contribution in [0.15, 0.2) is 17.6 Å². The van der Waals surface area contributed by atoms with E-state index in [1.165, 1.54) is 11.3 Å². The number of fused-ring (bicyclic) bond motifs is 1. The Kier molecular flexibility index (Phi) is 4.43. The molecule has 0 saturated heterocycles. The topological polar surface area (TPSA) is 88.3 Å². The van der Waals surface area contributed by atoms with Crippen LogP contribution in [-0.2, 0) is 0 Å². The van der Waals surface area contributed by atoms with Gasteiger partial charge in [-0.05, 0) is 24.0 Å². The highest BCUT2D eigenvalue weighted by molar-refractivity contribution is 7.16. The molecule has 0 aliphatic rings. The quantitative estimate of drug-likeness (QED) is 0.652. The van der Waals surface area contributed by atoms with E-state index < -0.39 is 4.92 Å². The predicted molar refractivity (Wildman–Crippen MR) is 84.8 cm³/mol.